The molecule has 1 saturated heterocycles. The summed E-state index contributed by atoms with van der Waals surface area (Å²) >= 11 is 1.31. The van der Waals surface area contributed by atoms with Crippen LogP contribution in [-0.2, 0) is 0 Å². The van der Waals surface area contributed by atoms with E-state index in [2.05, 4.69) is 20.5 Å². The second kappa shape index (κ2) is 6.64. The first kappa shape index (κ1) is 15.8. The molecule has 2 aromatic heterocycles. The number of aromatic amines is 1. The number of likely N-dealkylation sites (tertiary alicyclic amines) is 1. The van der Waals surface area contributed by atoms with Crippen LogP contribution in [0.5, 0.6) is 0 Å². The minimum Gasteiger partial charge on any atom is -0.344 e. The van der Waals surface area contributed by atoms with Crippen molar-refractivity contribution in [2.45, 2.75) is 25.8 Å². The average molecular weight is 354 g/mol. The molecule has 1 aliphatic heterocycles. The van der Waals surface area contributed by atoms with Gasteiger partial charge in [-0.3, -0.25) is 5.32 Å². The fourth-order valence-corrected chi connectivity index (χ4v) is 3.64. The summed E-state index contributed by atoms with van der Waals surface area (Å²) in [5, 5.41) is 10.9. The fourth-order valence-electron chi connectivity index (χ4n) is 3.20. The number of amides is 2. The monoisotopic (exact) mass is 354 g/mol. The van der Waals surface area contributed by atoms with Gasteiger partial charge in [0, 0.05) is 17.8 Å². The Morgan fingerprint density at radius 3 is 2.96 bits per heavy atom. The smallest absolute Gasteiger partial charge is 0.324 e. The van der Waals surface area contributed by atoms with E-state index in [0.717, 1.165) is 35.6 Å². The molecule has 2 N–H and O–H groups in total. The Hall–Kier alpha value is -2.74. The third-order valence-electron chi connectivity index (χ3n) is 4.35. The number of carbonyl (C=O) groups is 1. The highest BCUT2D eigenvalue weighted by molar-refractivity contribution is 7.13. The lowest BCUT2D eigenvalue weighted by Gasteiger charge is -2.22. The van der Waals surface area contributed by atoms with Crippen LogP contribution in [0.15, 0.2) is 35.8 Å². The van der Waals surface area contributed by atoms with Gasteiger partial charge in [0.1, 0.15) is 11.3 Å². The van der Waals surface area contributed by atoms with E-state index >= 15 is 0 Å². The van der Waals surface area contributed by atoms with Crippen molar-refractivity contribution in [2.24, 2.45) is 0 Å². The number of aromatic nitrogens is 4. The maximum absolute atomic E-state index is 12.6. The Labute approximate surface area is 149 Å². The second-order valence-electron chi connectivity index (χ2n) is 5.99. The molecule has 4 rings (SSSR count). The van der Waals surface area contributed by atoms with Crippen LogP contribution in [-0.4, -0.2) is 37.6 Å². The van der Waals surface area contributed by atoms with Gasteiger partial charge in [-0.05, 0) is 19.8 Å². The van der Waals surface area contributed by atoms with E-state index in [1.807, 2.05) is 42.2 Å². The molecule has 25 heavy (non-hydrogen) atoms. The number of hydrogen-bond acceptors (Lipinski definition) is 5. The van der Waals surface area contributed by atoms with Crippen LogP contribution >= 0.6 is 11.3 Å². The molecule has 1 atom stereocenters. The maximum Gasteiger partial charge on any atom is 0.324 e. The van der Waals surface area contributed by atoms with Gasteiger partial charge in [0.05, 0.1) is 11.7 Å². The van der Waals surface area contributed by atoms with Gasteiger partial charge in [-0.15, -0.1) is 10.2 Å². The third-order valence-corrected chi connectivity index (χ3v) is 4.96. The van der Waals surface area contributed by atoms with E-state index < -0.39 is 0 Å². The molecule has 0 bridgehead atoms. The van der Waals surface area contributed by atoms with Crippen LogP contribution in [0.25, 0.3) is 11.3 Å². The highest BCUT2D eigenvalue weighted by Crippen LogP contribution is 2.33. The number of urea groups is 1. The summed E-state index contributed by atoms with van der Waals surface area (Å²) < 4.78 is 0. The number of benzene rings is 1. The number of anilines is 1. The number of rotatable bonds is 3. The predicted octanol–water partition coefficient (Wildman–Crippen LogP) is 3.61. The quantitative estimate of drug-likeness (QED) is 0.752. The summed E-state index contributed by atoms with van der Waals surface area (Å²) in [7, 11) is 0. The van der Waals surface area contributed by atoms with Crippen molar-refractivity contribution >= 4 is 22.5 Å². The van der Waals surface area contributed by atoms with Gasteiger partial charge in [-0.2, -0.15) is 0 Å². The van der Waals surface area contributed by atoms with Crippen molar-refractivity contribution in [1.82, 2.24) is 25.1 Å². The first-order valence-corrected chi connectivity index (χ1v) is 9.06. The van der Waals surface area contributed by atoms with Crippen molar-refractivity contribution in [3.05, 3.63) is 47.4 Å². The van der Waals surface area contributed by atoms with Crippen LogP contribution in [0.4, 0.5) is 9.93 Å². The largest absolute Gasteiger partial charge is 0.344 e. The van der Waals surface area contributed by atoms with E-state index in [4.69, 9.17) is 4.98 Å². The summed E-state index contributed by atoms with van der Waals surface area (Å²) in [6, 6.07) is 9.87. The van der Waals surface area contributed by atoms with Crippen molar-refractivity contribution < 1.29 is 4.79 Å². The third kappa shape index (κ3) is 3.12. The van der Waals surface area contributed by atoms with Crippen molar-refractivity contribution in [3.8, 4) is 11.3 Å². The minimum atomic E-state index is -0.158. The van der Waals surface area contributed by atoms with Crippen LogP contribution in [0.2, 0.25) is 0 Å². The standard InChI is InChI=1S/C17H18N6OS/c1-11-14(12-6-3-2-4-7-12)20-15(19-11)13-8-5-9-23(13)17(24)21-16-22-18-10-25-16/h2-4,6-7,10,13H,5,8-9H2,1H3,(H,19,20)(H,21,22,24)/t13-/m0/s1. The van der Waals surface area contributed by atoms with Gasteiger partial charge in [-0.25, -0.2) is 9.78 Å². The molecule has 0 radical (unpaired) electrons. The molecule has 1 aromatic carbocycles. The first-order chi connectivity index (χ1) is 12.2. The fraction of sp³-hybridized carbons (Fsp3) is 0.294. The number of carbonyl (C=O) groups excluding carboxylic acids is 1. The topological polar surface area (TPSA) is 86.8 Å². The molecule has 128 valence electrons. The first-order valence-electron chi connectivity index (χ1n) is 8.18. The molecule has 8 heteroatoms. The Kier molecular flexibility index (Phi) is 4.19. The lowest BCUT2D eigenvalue weighted by Crippen LogP contribution is -2.34. The Morgan fingerprint density at radius 1 is 1.36 bits per heavy atom. The van der Waals surface area contributed by atoms with Gasteiger partial charge in [0.25, 0.3) is 0 Å². The highest BCUT2D eigenvalue weighted by atomic mass is 32.1. The molecule has 3 aromatic rings. The molecule has 1 fully saturated rings. The number of imidazole rings is 1. The predicted molar refractivity (Wildman–Crippen MR) is 96.4 cm³/mol. The zero-order valence-electron chi connectivity index (χ0n) is 13.8. The molecular formula is C17H18N6OS. The van der Waals surface area contributed by atoms with Gasteiger partial charge < -0.3 is 9.88 Å². The molecule has 0 spiro atoms. The lowest BCUT2D eigenvalue weighted by atomic mass is 10.1. The summed E-state index contributed by atoms with van der Waals surface area (Å²) in [5.74, 6) is 0.835. The lowest BCUT2D eigenvalue weighted by molar-refractivity contribution is 0.205. The minimum absolute atomic E-state index is 0.0518. The average Bonchev–Trinajstić information content (AvgIpc) is 3.35. The zero-order chi connectivity index (χ0) is 17.2. The SMILES string of the molecule is Cc1[nH]c([C@@H]2CCCN2C(=O)Nc2nncs2)nc1-c1ccccc1. The van der Waals surface area contributed by atoms with Crippen LogP contribution in [0.1, 0.15) is 30.4 Å². The molecule has 0 unspecified atom stereocenters. The number of nitrogens with one attached hydrogen (secondary N) is 2. The van der Waals surface area contributed by atoms with Gasteiger partial charge >= 0.3 is 6.03 Å². The molecule has 3 heterocycles. The maximum atomic E-state index is 12.6. The van der Waals surface area contributed by atoms with E-state index in [-0.39, 0.29) is 12.1 Å². The van der Waals surface area contributed by atoms with E-state index in [1.165, 1.54) is 11.3 Å². The number of nitrogens with zero attached hydrogens (tertiary/aromatic N) is 4. The van der Waals surface area contributed by atoms with Crippen molar-refractivity contribution in [2.75, 3.05) is 11.9 Å². The Bertz CT molecular complexity index is 861. The molecule has 7 nitrogen and oxygen atoms in total. The van der Waals surface area contributed by atoms with Crippen molar-refractivity contribution in [1.29, 1.82) is 0 Å². The van der Waals surface area contributed by atoms with E-state index in [1.54, 1.807) is 5.51 Å². The van der Waals surface area contributed by atoms with Crippen LogP contribution < -0.4 is 5.32 Å². The highest BCUT2D eigenvalue weighted by Gasteiger charge is 2.33. The van der Waals surface area contributed by atoms with Crippen LogP contribution in [0.3, 0.4) is 0 Å². The molecule has 2 amide bonds. The van der Waals surface area contributed by atoms with Gasteiger partial charge in [-0.1, -0.05) is 41.7 Å². The normalized spacial score (nSPS) is 17.0. The summed E-state index contributed by atoms with van der Waals surface area (Å²) in [4.78, 5) is 22.5. The van der Waals surface area contributed by atoms with Crippen molar-refractivity contribution in [3.63, 3.8) is 0 Å². The second-order valence-corrected chi connectivity index (χ2v) is 6.82. The van der Waals surface area contributed by atoms with E-state index in [0.29, 0.717) is 11.7 Å². The zero-order valence-corrected chi connectivity index (χ0v) is 14.6. The molecule has 0 saturated carbocycles. The summed E-state index contributed by atoms with van der Waals surface area (Å²) in [6.45, 7) is 2.72. The Morgan fingerprint density at radius 2 is 2.20 bits per heavy atom. The van der Waals surface area contributed by atoms with Gasteiger partial charge in [0.15, 0.2) is 0 Å². The number of aryl methyl sites for hydroxylation is 1. The number of H-pyrrole nitrogens is 1. The van der Waals surface area contributed by atoms with Crippen LogP contribution in [0, 0.1) is 6.92 Å². The summed E-state index contributed by atoms with van der Waals surface area (Å²) in [6.07, 6.45) is 1.85. The summed E-state index contributed by atoms with van der Waals surface area (Å²) in [5.41, 5.74) is 4.62. The number of hydrogen-bond donors (Lipinski definition) is 2. The van der Waals surface area contributed by atoms with E-state index in [9.17, 15) is 4.79 Å². The van der Waals surface area contributed by atoms with Gasteiger partial charge in [0.2, 0.25) is 5.13 Å². The molecular weight excluding hydrogens is 336 g/mol. The molecule has 1 aliphatic rings. The Balaban J connectivity index is 1.57. The molecule has 0 aliphatic carbocycles.